The average molecular weight is 416 g/mol. The number of benzene rings is 2. The zero-order chi connectivity index (χ0) is 20.2. The predicted octanol–water partition coefficient (Wildman–Crippen LogP) is 5.67. The monoisotopic (exact) mass is 415 g/mol. The zero-order valence-electron chi connectivity index (χ0n) is 15.8. The standard InChI is InChI=1S/C22H19Cl2NO3/c1-4-7-25-19(13-5-6-14(23)15(24)10-13)18-20(26)17-12(3)8-11(2)9-16(17)28-21(18)22(25)27/h5-6,8-10,19H,4,7H2,1-3H3. The van der Waals surface area contributed by atoms with E-state index >= 15 is 0 Å². The van der Waals surface area contributed by atoms with Crippen molar-refractivity contribution in [3.05, 3.63) is 78.6 Å². The maximum atomic E-state index is 13.5. The number of halogens is 2. The Morgan fingerprint density at radius 2 is 1.82 bits per heavy atom. The fourth-order valence-electron chi connectivity index (χ4n) is 4.01. The van der Waals surface area contributed by atoms with Gasteiger partial charge in [0.25, 0.3) is 5.91 Å². The summed E-state index contributed by atoms with van der Waals surface area (Å²) in [7, 11) is 0. The topological polar surface area (TPSA) is 50.5 Å². The van der Waals surface area contributed by atoms with Gasteiger partial charge in [0.15, 0.2) is 5.43 Å². The molecule has 6 heteroatoms. The molecule has 0 bridgehead atoms. The highest BCUT2D eigenvalue weighted by molar-refractivity contribution is 6.42. The lowest BCUT2D eigenvalue weighted by molar-refractivity contribution is 0.0728. The average Bonchev–Trinajstić information content (AvgIpc) is 2.90. The highest BCUT2D eigenvalue weighted by atomic mass is 35.5. The molecule has 1 unspecified atom stereocenters. The van der Waals surface area contributed by atoms with Crippen LogP contribution in [0.15, 0.2) is 39.5 Å². The Labute approximate surface area is 172 Å². The molecule has 0 radical (unpaired) electrons. The van der Waals surface area contributed by atoms with Gasteiger partial charge in [0.05, 0.1) is 27.0 Å². The van der Waals surface area contributed by atoms with Gasteiger partial charge < -0.3 is 9.32 Å². The molecule has 144 valence electrons. The van der Waals surface area contributed by atoms with E-state index in [2.05, 4.69) is 0 Å². The molecule has 4 rings (SSSR count). The van der Waals surface area contributed by atoms with Crippen LogP contribution in [0, 0.1) is 13.8 Å². The minimum absolute atomic E-state index is 0.118. The number of carbonyl (C=O) groups is 1. The van der Waals surface area contributed by atoms with E-state index in [-0.39, 0.29) is 17.1 Å². The number of amides is 1. The molecule has 0 N–H and O–H groups in total. The SMILES string of the molecule is CCCN1C(=O)c2oc3cc(C)cc(C)c3c(=O)c2C1c1ccc(Cl)c(Cl)c1. The van der Waals surface area contributed by atoms with Gasteiger partial charge in [-0.25, -0.2) is 0 Å². The Hall–Kier alpha value is -2.30. The van der Waals surface area contributed by atoms with Gasteiger partial charge in [-0.05, 0) is 55.2 Å². The molecule has 1 atom stereocenters. The van der Waals surface area contributed by atoms with Gasteiger partial charge in [0.2, 0.25) is 5.76 Å². The number of fused-ring (bicyclic) bond motifs is 2. The van der Waals surface area contributed by atoms with Gasteiger partial charge >= 0.3 is 0 Å². The van der Waals surface area contributed by atoms with Gasteiger partial charge in [0.1, 0.15) is 5.58 Å². The first-order valence-corrected chi connectivity index (χ1v) is 9.93. The largest absolute Gasteiger partial charge is 0.450 e. The van der Waals surface area contributed by atoms with E-state index in [1.807, 2.05) is 26.8 Å². The summed E-state index contributed by atoms with van der Waals surface area (Å²) in [6, 6.07) is 8.40. The first-order valence-electron chi connectivity index (χ1n) is 9.17. The maximum Gasteiger partial charge on any atom is 0.290 e. The lowest BCUT2D eigenvalue weighted by atomic mass is 9.97. The molecule has 28 heavy (non-hydrogen) atoms. The third-order valence-electron chi connectivity index (χ3n) is 5.14. The second-order valence-corrected chi connectivity index (χ2v) is 8.02. The lowest BCUT2D eigenvalue weighted by Gasteiger charge is -2.24. The molecule has 4 nitrogen and oxygen atoms in total. The number of carbonyl (C=O) groups excluding carboxylic acids is 1. The minimum Gasteiger partial charge on any atom is -0.450 e. The van der Waals surface area contributed by atoms with Gasteiger partial charge in [0, 0.05) is 6.54 Å². The molecule has 0 saturated carbocycles. The summed E-state index contributed by atoms with van der Waals surface area (Å²) < 4.78 is 5.99. The van der Waals surface area contributed by atoms with Crippen molar-refractivity contribution >= 4 is 40.1 Å². The highest BCUT2D eigenvalue weighted by Crippen LogP contribution is 2.40. The van der Waals surface area contributed by atoms with Crippen molar-refractivity contribution in [3.63, 3.8) is 0 Å². The van der Waals surface area contributed by atoms with Crippen molar-refractivity contribution in [1.29, 1.82) is 0 Å². The molecular weight excluding hydrogens is 397 g/mol. The summed E-state index contributed by atoms with van der Waals surface area (Å²) in [5.74, 6) is -0.155. The minimum atomic E-state index is -0.543. The van der Waals surface area contributed by atoms with Crippen molar-refractivity contribution in [2.45, 2.75) is 33.2 Å². The fourth-order valence-corrected chi connectivity index (χ4v) is 4.32. The number of hydrogen-bond donors (Lipinski definition) is 0. The van der Waals surface area contributed by atoms with E-state index in [4.69, 9.17) is 27.6 Å². The summed E-state index contributed by atoms with van der Waals surface area (Å²) >= 11 is 12.3. The van der Waals surface area contributed by atoms with Crippen LogP contribution in [0.4, 0.5) is 0 Å². The summed E-state index contributed by atoms with van der Waals surface area (Å²) in [4.78, 5) is 28.3. The summed E-state index contributed by atoms with van der Waals surface area (Å²) in [5, 5.41) is 1.32. The normalized spacial score (nSPS) is 16.1. The smallest absolute Gasteiger partial charge is 0.290 e. The van der Waals surface area contributed by atoms with E-state index < -0.39 is 6.04 Å². The van der Waals surface area contributed by atoms with Crippen LogP contribution in [0.2, 0.25) is 10.0 Å². The van der Waals surface area contributed by atoms with E-state index in [0.717, 1.165) is 23.1 Å². The number of rotatable bonds is 3. The maximum absolute atomic E-state index is 13.5. The lowest BCUT2D eigenvalue weighted by Crippen LogP contribution is -2.30. The van der Waals surface area contributed by atoms with Crippen molar-refractivity contribution in [2.24, 2.45) is 0 Å². The molecule has 0 fully saturated rings. The molecule has 2 aromatic carbocycles. The molecule has 3 aromatic rings. The van der Waals surface area contributed by atoms with Crippen LogP contribution >= 0.6 is 23.2 Å². The van der Waals surface area contributed by atoms with Crippen LogP contribution in [-0.2, 0) is 0 Å². The Morgan fingerprint density at radius 3 is 2.50 bits per heavy atom. The molecule has 0 aliphatic carbocycles. The van der Waals surface area contributed by atoms with Crippen LogP contribution in [0.1, 0.15) is 52.2 Å². The van der Waals surface area contributed by atoms with Gasteiger partial charge in [-0.2, -0.15) is 0 Å². The Balaban J connectivity index is 2.05. The van der Waals surface area contributed by atoms with Crippen molar-refractivity contribution < 1.29 is 9.21 Å². The third kappa shape index (κ3) is 2.83. The van der Waals surface area contributed by atoms with Crippen LogP contribution in [0.25, 0.3) is 11.0 Å². The summed E-state index contributed by atoms with van der Waals surface area (Å²) in [6.45, 7) is 6.31. The molecule has 1 aliphatic rings. The van der Waals surface area contributed by atoms with Crippen LogP contribution in [0.5, 0.6) is 0 Å². The van der Waals surface area contributed by atoms with Crippen LogP contribution in [0.3, 0.4) is 0 Å². The molecule has 2 heterocycles. The van der Waals surface area contributed by atoms with Crippen molar-refractivity contribution in [3.8, 4) is 0 Å². The van der Waals surface area contributed by atoms with E-state index in [9.17, 15) is 9.59 Å². The number of aryl methyl sites for hydroxylation is 2. The van der Waals surface area contributed by atoms with Gasteiger partial charge in [-0.3, -0.25) is 9.59 Å². The molecule has 0 spiro atoms. The predicted molar refractivity (Wildman–Crippen MR) is 112 cm³/mol. The molecule has 0 saturated heterocycles. The molecule has 1 aromatic heterocycles. The molecule has 1 amide bonds. The second-order valence-electron chi connectivity index (χ2n) is 7.20. The van der Waals surface area contributed by atoms with E-state index in [0.29, 0.717) is 33.1 Å². The van der Waals surface area contributed by atoms with Gasteiger partial charge in [-0.1, -0.05) is 42.3 Å². The van der Waals surface area contributed by atoms with Gasteiger partial charge in [-0.15, -0.1) is 0 Å². The Bertz CT molecular complexity index is 1180. The fraction of sp³-hybridized carbons (Fsp3) is 0.273. The Kier molecular flexibility index (Phi) is 4.72. The van der Waals surface area contributed by atoms with Crippen molar-refractivity contribution in [2.75, 3.05) is 6.54 Å². The van der Waals surface area contributed by atoms with E-state index in [1.54, 1.807) is 29.2 Å². The van der Waals surface area contributed by atoms with E-state index in [1.165, 1.54) is 0 Å². The third-order valence-corrected chi connectivity index (χ3v) is 5.88. The van der Waals surface area contributed by atoms with Crippen LogP contribution in [-0.4, -0.2) is 17.4 Å². The molecule has 1 aliphatic heterocycles. The number of hydrogen-bond acceptors (Lipinski definition) is 3. The highest BCUT2D eigenvalue weighted by Gasteiger charge is 2.42. The first kappa shape index (κ1) is 19.0. The quantitative estimate of drug-likeness (QED) is 0.553. The zero-order valence-corrected chi connectivity index (χ0v) is 17.3. The molecular formula is C22H19Cl2NO3. The first-order chi connectivity index (χ1) is 13.3. The summed E-state index contributed by atoms with van der Waals surface area (Å²) in [5.41, 5.74) is 3.20. The van der Waals surface area contributed by atoms with Crippen LogP contribution < -0.4 is 5.43 Å². The summed E-state index contributed by atoms with van der Waals surface area (Å²) in [6.07, 6.45) is 0.753. The second kappa shape index (κ2) is 6.94. The van der Waals surface area contributed by atoms with Crippen molar-refractivity contribution in [1.82, 2.24) is 4.90 Å². The number of nitrogens with zero attached hydrogens (tertiary/aromatic N) is 1. The Morgan fingerprint density at radius 1 is 1.07 bits per heavy atom.